The van der Waals surface area contributed by atoms with Crippen molar-refractivity contribution in [3.8, 4) is 0 Å². The van der Waals surface area contributed by atoms with Crippen LogP contribution in [0.3, 0.4) is 0 Å². The molecule has 7 heteroatoms. The lowest BCUT2D eigenvalue weighted by Gasteiger charge is -2.01. The van der Waals surface area contributed by atoms with E-state index in [9.17, 15) is 9.18 Å². The van der Waals surface area contributed by atoms with Crippen LogP contribution in [0.15, 0.2) is 18.3 Å². The highest BCUT2D eigenvalue weighted by Gasteiger charge is 2.14. The molecular weight excluding hydrogens is 245 g/mol. The Kier molecular flexibility index (Phi) is 3.10. The zero-order chi connectivity index (χ0) is 12.4. The maximum absolute atomic E-state index is 12.7. The number of nitrogens with zero attached hydrogens (tertiary/aromatic N) is 2. The van der Waals surface area contributed by atoms with Crippen molar-refractivity contribution in [1.82, 2.24) is 9.78 Å². The van der Waals surface area contributed by atoms with Crippen LogP contribution in [0.1, 0.15) is 15.4 Å². The minimum atomic E-state index is -1.09. The average molecular weight is 255 g/mol. The first-order valence-electron chi connectivity index (χ1n) is 4.81. The Morgan fingerprint density at radius 3 is 3.00 bits per heavy atom. The third-order valence-corrected chi connectivity index (χ3v) is 2.99. The number of carboxylic acid groups (broad SMARTS) is 1. The largest absolute Gasteiger partial charge is 0.476 e. The lowest BCUT2D eigenvalue weighted by atomic mass is 10.3. The van der Waals surface area contributed by atoms with E-state index in [-0.39, 0.29) is 10.8 Å². The normalized spacial score (nSPS) is 10.5. The van der Waals surface area contributed by atoms with Crippen molar-refractivity contribution in [1.29, 1.82) is 0 Å². The third-order valence-electron chi connectivity index (χ3n) is 2.11. The molecule has 0 spiro atoms. The van der Waals surface area contributed by atoms with Gasteiger partial charge in [0.15, 0.2) is 10.8 Å². The Hall–Kier alpha value is -1.89. The highest BCUT2D eigenvalue weighted by Crippen LogP contribution is 2.18. The number of anilines is 1. The van der Waals surface area contributed by atoms with Crippen molar-refractivity contribution in [2.24, 2.45) is 7.05 Å². The van der Waals surface area contributed by atoms with Crippen molar-refractivity contribution >= 4 is 23.0 Å². The molecule has 5 nitrogen and oxygen atoms in total. The number of halogens is 1. The van der Waals surface area contributed by atoms with Crippen LogP contribution in [0.4, 0.5) is 10.1 Å². The van der Waals surface area contributed by atoms with E-state index in [0.29, 0.717) is 12.2 Å². The summed E-state index contributed by atoms with van der Waals surface area (Å²) in [5.41, 5.74) is 0.387. The number of hydrogen-bond acceptors (Lipinski definition) is 4. The van der Waals surface area contributed by atoms with Crippen molar-refractivity contribution in [3.63, 3.8) is 0 Å². The molecular formula is C10H10FN3O2S. The molecule has 2 N–H and O–H groups in total. The maximum Gasteiger partial charge on any atom is 0.358 e. The Morgan fingerprint density at radius 1 is 1.65 bits per heavy atom. The molecule has 0 bridgehead atoms. The van der Waals surface area contributed by atoms with Gasteiger partial charge in [-0.25, -0.2) is 4.79 Å². The fourth-order valence-corrected chi connectivity index (χ4v) is 2.07. The van der Waals surface area contributed by atoms with E-state index in [0.717, 1.165) is 16.2 Å². The van der Waals surface area contributed by atoms with Crippen LogP contribution in [0.2, 0.25) is 0 Å². The van der Waals surface area contributed by atoms with Crippen LogP contribution in [0, 0.1) is 5.13 Å². The lowest BCUT2D eigenvalue weighted by molar-refractivity contribution is 0.0690. The van der Waals surface area contributed by atoms with E-state index < -0.39 is 5.97 Å². The first-order chi connectivity index (χ1) is 8.06. The van der Waals surface area contributed by atoms with Gasteiger partial charge in [-0.3, -0.25) is 4.68 Å². The van der Waals surface area contributed by atoms with E-state index >= 15 is 0 Å². The molecule has 2 rings (SSSR count). The topological polar surface area (TPSA) is 67.2 Å². The highest BCUT2D eigenvalue weighted by atomic mass is 32.1. The van der Waals surface area contributed by atoms with E-state index in [4.69, 9.17) is 5.11 Å². The smallest absolute Gasteiger partial charge is 0.358 e. The number of hydrogen-bond donors (Lipinski definition) is 2. The van der Waals surface area contributed by atoms with Crippen LogP contribution in [0.25, 0.3) is 0 Å². The fraction of sp³-hybridized carbons (Fsp3) is 0.200. The molecule has 0 saturated carbocycles. The van der Waals surface area contributed by atoms with Gasteiger partial charge in [0.25, 0.3) is 0 Å². The van der Waals surface area contributed by atoms with Crippen LogP contribution in [-0.4, -0.2) is 20.9 Å². The minimum Gasteiger partial charge on any atom is -0.476 e. The molecule has 2 aromatic rings. The molecule has 90 valence electrons. The van der Waals surface area contributed by atoms with Gasteiger partial charge in [-0.2, -0.15) is 9.49 Å². The molecule has 0 radical (unpaired) electrons. The summed E-state index contributed by atoms with van der Waals surface area (Å²) in [6.45, 7) is 0.376. The zero-order valence-corrected chi connectivity index (χ0v) is 9.79. The van der Waals surface area contributed by atoms with Crippen LogP contribution < -0.4 is 5.32 Å². The molecule has 0 atom stereocenters. The van der Waals surface area contributed by atoms with E-state index in [1.54, 1.807) is 19.3 Å². The summed E-state index contributed by atoms with van der Waals surface area (Å²) in [6, 6.07) is 3.03. The molecule has 0 unspecified atom stereocenters. The minimum absolute atomic E-state index is 0.0375. The summed E-state index contributed by atoms with van der Waals surface area (Å²) in [5.74, 6) is -1.09. The SMILES string of the molecule is Cn1cc(NCc2ccc(F)s2)c(C(=O)O)n1. The summed E-state index contributed by atoms with van der Waals surface area (Å²) < 4.78 is 14.2. The summed E-state index contributed by atoms with van der Waals surface area (Å²) in [7, 11) is 1.64. The van der Waals surface area contributed by atoms with Crippen LogP contribution >= 0.6 is 11.3 Å². The molecule has 0 aliphatic heterocycles. The highest BCUT2D eigenvalue weighted by molar-refractivity contribution is 7.10. The summed E-state index contributed by atoms with van der Waals surface area (Å²) in [6.07, 6.45) is 1.58. The second kappa shape index (κ2) is 4.54. The summed E-state index contributed by atoms with van der Waals surface area (Å²) in [4.78, 5) is 11.7. The molecule has 2 aromatic heterocycles. The molecule has 0 aliphatic rings. The Balaban J connectivity index is 2.11. The van der Waals surface area contributed by atoms with Crippen LogP contribution in [-0.2, 0) is 13.6 Å². The number of thiophene rings is 1. The lowest BCUT2D eigenvalue weighted by Crippen LogP contribution is -2.04. The number of aryl methyl sites for hydroxylation is 1. The van der Waals surface area contributed by atoms with Crippen LogP contribution in [0.5, 0.6) is 0 Å². The second-order valence-corrected chi connectivity index (χ2v) is 4.55. The van der Waals surface area contributed by atoms with Gasteiger partial charge in [0, 0.05) is 24.7 Å². The maximum atomic E-state index is 12.7. The Bertz CT molecular complexity index is 549. The molecule has 0 amide bonds. The standard InChI is InChI=1S/C10H10FN3O2S/c1-14-5-7(9(13-14)10(15)16)12-4-6-2-3-8(11)17-6/h2-3,5,12H,4H2,1H3,(H,15,16). The molecule has 0 saturated heterocycles. The molecule has 17 heavy (non-hydrogen) atoms. The van der Waals surface area contributed by atoms with E-state index in [1.165, 1.54) is 10.7 Å². The van der Waals surface area contributed by atoms with Crippen molar-refractivity contribution < 1.29 is 14.3 Å². The fourth-order valence-electron chi connectivity index (χ4n) is 1.40. The Morgan fingerprint density at radius 2 is 2.41 bits per heavy atom. The van der Waals surface area contributed by atoms with Crippen molar-refractivity contribution in [3.05, 3.63) is 34.0 Å². The Labute approximate surface area is 101 Å². The van der Waals surface area contributed by atoms with Gasteiger partial charge >= 0.3 is 5.97 Å². The predicted molar refractivity (Wildman–Crippen MR) is 61.8 cm³/mol. The zero-order valence-electron chi connectivity index (χ0n) is 8.98. The predicted octanol–water partition coefficient (Wildman–Crippen LogP) is 1.93. The quantitative estimate of drug-likeness (QED) is 0.876. The first-order valence-corrected chi connectivity index (χ1v) is 5.63. The second-order valence-electron chi connectivity index (χ2n) is 3.43. The van der Waals surface area contributed by atoms with Crippen molar-refractivity contribution in [2.75, 3.05) is 5.32 Å². The van der Waals surface area contributed by atoms with Gasteiger partial charge in [-0.05, 0) is 12.1 Å². The first kappa shape index (κ1) is 11.6. The number of aromatic nitrogens is 2. The van der Waals surface area contributed by atoms with Gasteiger partial charge in [0.2, 0.25) is 0 Å². The summed E-state index contributed by atoms with van der Waals surface area (Å²) >= 11 is 1.02. The van der Waals surface area contributed by atoms with Gasteiger partial charge in [0.05, 0.1) is 5.69 Å². The third kappa shape index (κ3) is 2.62. The monoisotopic (exact) mass is 255 g/mol. The number of nitrogens with one attached hydrogen (secondary N) is 1. The van der Waals surface area contributed by atoms with Crippen molar-refractivity contribution in [2.45, 2.75) is 6.54 Å². The number of carboxylic acids is 1. The molecule has 0 aliphatic carbocycles. The number of carbonyl (C=O) groups is 1. The summed E-state index contributed by atoms with van der Waals surface area (Å²) in [5, 5.41) is 15.4. The van der Waals surface area contributed by atoms with E-state index in [1.807, 2.05) is 0 Å². The van der Waals surface area contributed by atoms with Gasteiger partial charge < -0.3 is 10.4 Å². The molecule has 2 heterocycles. The number of aromatic carboxylic acids is 1. The molecule has 0 aromatic carbocycles. The van der Waals surface area contributed by atoms with E-state index in [2.05, 4.69) is 10.4 Å². The average Bonchev–Trinajstić information content (AvgIpc) is 2.82. The molecule has 0 fully saturated rings. The van der Waals surface area contributed by atoms with Gasteiger partial charge in [0.1, 0.15) is 0 Å². The number of rotatable bonds is 4. The van der Waals surface area contributed by atoms with Gasteiger partial charge in [-0.1, -0.05) is 0 Å². The van der Waals surface area contributed by atoms with Gasteiger partial charge in [-0.15, -0.1) is 11.3 Å².